The molecule has 2 aromatic heterocycles. The Kier molecular flexibility index (Phi) is 5.74. The molecule has 2 fully saturated rings. The molecule has 154 valence electrons. The second-order valence-electron chi connectivity index (χ2n) is 8.38. The van der Waals surface area contributed by atoms with E-state index in [-0.39, 0.29) is 35.8 Å². The lowest BCUT2D eigenvalue weighted by Gasteiger charge is -2.44. The van der Waals surface area contributed by atoms with Crippen LogP contribution in [0.4, 0.5) is 0 Å². The van der Waals surface area contributed by atoms with Gasteiger partial charge in [0.1, 0.15) is 0 Å². The number of rotatable bonds is 2. The summed E-state index contributed by atoms with van der Waals surface area (Å²) in [5.74, 6) is 0.819. The Balaban J connectivity index is 0.00000205. The minimum atomic E-state index is -0.0328. The van der Waals surface area contributed by atoms with Crippen LogP contribution in [0.15, 0.2) is 41.3 Å². The normalized spacial score (nSPS) is 25.7. The highest BCUT2D eigenvalue weighted by Crippen LogP contribution is 2.36. The first-order chi connectivity index (χ1) is 13.7. The second-order valence-corrected chi connectivity index (χ2v) is 8.38. The molecule has 3 aliphatic heterocycles. The molecule has 7 heteroatoms. The number of nitrogens with one attached hydrogen (secondary N) is 1. The molecule has 3 atom stereocenters. The average molecular weight is 415 g/mol. The van der Waals surface area contributed by atoms with E-state index < -0.39 is 0 Å². The van der Waals surface area contributed by atoms with Gasteiger partial charge in [0, 0.05) is 49.1 Å². The second kappa shape index (κ2) is 8.28. The number of aromatic nitrogens is 2. The summed E-state index contributed by atoms with van der Waals surface area (Å²) >= 11 is 0. The fraction of sp³-hybridized carbons (Fsp3) is 0.500. The summed E-state index contributed by atoms with van der Waals surface area (Å²) in [6, 6.07) is 9.52. The lowest BCUT2D eigenvalue weighted by molar-refractivity contribution is -0.136. The van der Waals surface area contributed by atoms with Crippen LogP contribution in [-0.4, -0.2) is 46.0 Å². The summed E-state index contributed by atoms with van der Waals surface area (Å²) in [5, 5.41) is 3.39. The summed E-state index contributed by atoms with van der Waals surface area (Å²) in [6.45, 7) is 3.11. The van der Waals surface area contributed by atoms with Gasteiger partial charge in [0.25, 0.3) is 5.56 Å². The number of pyridine rings is 2. The summed E-state index contributed by atoms with van der Waals surface area (Å²) in [6.07, 6.45) is 6.01. The van der Waals surface area contributed by atoms with Crippen molar-refractivity contribution >= 4 is 18.3 Å². The van der Waals surface area contributed by atoms with Crippen molar-refractivity contribution in [2.45, 2.75) is 44.2 Å². The number of hydrogen-bond donors (Lipinski definition) is 1. The van der Waals surface area contributed by atoms with Crippen molar-refractivity contribution in [2.24, 2.45) is 5.92 Å². The minimum absolute atomic E-state index is 0. The van der Waals surface area contributed by atoms with Gasteiger partial charge in [-0.1, -0.05) is 12.5 Å². The van der Waals surface area contributed by atoms with Crippen molar-refractivity contribution < 1.29 is 4.79 Å². The number of fused-ring (bicyclic) bond motifs is 4. The molecule has 3 aliphatic rings. The number of halogens is 1. The fourth-order valence-electron chi connectivity index (χ4n) is 5.10. The van der Waals surface area contributed by atoms with E-state index in [1.807, 2.05) is 27.7 Å². The Morgan fingerprint density at radius 1 is 1.14 bits per heavy atom. The van der Waals surface area contributed by atoms with Gasteiger partial charge in [-0.05, 0) is 49.9 Å². The van der Waals surface area contributed by atoms with Crippen LogP contribution >= 0.6 is 12.4 Å². The standard InChI is InChI=1S/C22H26N4O2.ClH/c27-21-11-16(18-5-1-3-7-23-18)10-20-17-9-15(13-26(20)21)12-25(14-17)22(28)19-6-2-4-8-24-19;/h1,3,5,7,10-11,15,17,19,24H,2,4,6,8-9,12-14H2;1H/t15-,17+,19+;/m0./s1. The van der Waals surface area contributed by atoms with Crippen molar-refractivity contribution in [3.63, 3.8) is 0 Å². The van der Waals surface area contributed by atoms with Crippen molar-refractivity contribution in [3.8, 4) is 11.3 Å². The first-order valence-corrected chi connectivity index (χ1v) is 10.4. The lowest BCUT2D eigenvalue weighted by Crippen LogP contribution is -2.55. The van der Waals surface area contributed by atoms with Crippen molar-refractivity contribution in [3.05, 3.63) is 52.6 Å². The molecular weight excluding hydrogens is 388 g/mol. The van der Waals surface area contributed by atoms with E-state index in [0.29, 0.717) is 19.0 Å². The molecule has 29 heavy (non-hydrogen) atoms. The van der Waals surface area contributed by atoms with Crippen molar-refractivity contribution in [1.29, 1.82) is 0 Å². The molecule has 2 aromatic rings. The SMILES string of the molecule is Cl.O=C([C@H]1CCCCN1)N1C[C@@H]2C[C@H](C1)c1cc(-c3ccccn3)cc(=O)n1C2. The molecule has 5 rings (SSSR count). The Labute approximate surface area is 176 Å². The van der Waals surface area contributed by atoms with E-state index in [4.69, 9.17) is 0 Å². The molecule has 0 radical (unpaired) electrons. The van der Waals surface area contributed by atoms with Gasteiger partial charge in [0.15, 0.2) is 0 Å². The third kappa shape index (κ3) is 3.83. The maximum atomic E-state index is 13.0. The lowest BCUT2D eigenvalue weighted by atomic mass is 9.82. The third-order valence-corrected chi connectivity index (χ3v) is 6.44. The summed E-state index contributed by atoms with van der Waals surface area (Å²) in [5.41, 5.74) is 2.79. The van der Waals surface area contributed by atoms with Crippen LogP contribution in [-0.2, 0) is 11.3 Å². The minimum Gasteiger partial charge on any atom is -0.340 e. The zero-order valence-electron chi connectivity index (χ0n) is 16.4. The van der Waals surface area contributed by atoms with Crippen molar-refractivity contribution in [2.75, 3.05) is 19.6 Å². The highest BCUT2D eigenvalue weighted by molar-refractivity contribution is 5.85. The number of piperidine rings is 2. The van der Waals surface area contributed by atoms with Crippen LogP contribution in [0.1, 0.15) is 37.3 Å². The third-order valence-electron chi connectivity index (χ3n) is 6.44. The van der Waals surface area contributed by atoms with E-state index in [1.165, 1.54) is 0 Å². The predicted octanol–water partition coefficient (Wildman–Crippen LogP) is 2.42. The van der Waals surface area contributed by atoms with E-state index in [1.54, 1.807) is 12.3 Å². The Morgan fingerprint density at radius 2 is 2.03 bits per heavy atom. The zero-order valence-corrected chi connectivity index (χ0v) is 17.2. The maximum absolute atomic E-state index is 13.0. The highest BCUT2D eigenvalue weighted by atomic mass is 35.5. The number of carbonyl (C=O) groups excluding carboxylic acids is 1. The molecule has 1 amide bonds. The van der Waals surface area contributed by atoms with Crippen LogP contribution in [0.5, 0.6) is 0 Å². The van der Waals surface area contributed by atoms with Gasteiger partial charge in [-0.2, -0.15) is 0 Å². The van der Waals surface area contributed by atoms with Crippen LogP contribution < -0.4 is 10.9 Å². The van der Waals surface area contributed by atoms with Gasteiger partial charge in [-0.25, -0.2) is 0 Å². The Morgan fingerprint density at radius 3 is 2.79 bits per heavy atom. The quantitative estimate of drug-likeness (QED) is 0.819. The molecule has 2 saturated heterocycles. The Bertz CT molecular complexity index is 940. The first kappa shape index (κ1) is 20.1. The summed E-state index contributed by atoms with van der Waals surface area (Å²) < 4.78 is 1.92. The van der Waals surface area contributed by atoms with Gasteiger partial charge in [0.2, 0.25) is 5.91 Å². The molecule has 6 nitrogen and oxygen atoms in total. The number of nitrogens with zero attached hydrogens (tertiary/aromatic N) is 3. The molecule has 0 spiro atoms. The number of amides is 1. The van der Waals surface area contributed by atoms with Gasteiger partial charge >= 0.3 is 0 Å². The van der Waals surface area contributed by atoms with Crippen LogP contribution in [0.2, 0.25) is 0 Å². The molecule has 5 heterocycles. The zero-order chi connectivity index (χ0) is 19.1. The molecule has 2 bridgehead atoms. The van der Waals surface area contributed by atoms with Gasteiger partial charge < -0.3 is 14.8 Å². The average Bonchev–Trinajstić information content (AvgIpc) is 2.75. The summed E-state index contributed by atoms with van der Waals surface area (Å²) in [4.78, 5) is 32.3. The molecule has 0 aromatic carbocycles. The maximum Gasteiger partial charge on any atom is 0.251 e. The first-order valence-electron chi connectivity index (χ1n) is 10.4. The van der Waals surface area contributed by atoms with Crippen LogP contribution in [0.25, 0.3) is 11.3 Å². The van der Waals surface area contributed by atoms with E-state index >= 15 is 0 Å². The van der Waals surface area contributed by atoms with Crippen LogP contribution in [0, 0.1) is 5.92 Å². The predicted molar refractivity (Wildman–Crippen MR) is 114 cm³/mol. The van der Waals surface area contributed by atoms with Gasteiger partial charge in [-0.3, -0.25) is 14.6 Å². The van der Waals surface area contributed by atoms with E-state index in [0.717, 1.165) is 55.7 Å². The molecule has 0 saturated carbocycles. The molecule has 0 unspecified atom stereocenters. The van der Waals surface area contributed by atoms with Gasteiger partial charge in [0.05, 0.1) is 11.7 Å². The van der Waals surface area contributed by atoms with Crippen LogP contribution in [0.3, 0.4) is 0 Å². The Hall–Kier alpha value is -2.18. The monoisotopic (exact) mass is 414 g/mol. The molecule has 1 N–H and O–H groups in total. The highest BCUT2D eigenvalue weighted by Gasteiger charge is 2.38. The topological polar surface area (TPSA) is 67.2 Å². The summed E-state index contributed by atoms with van der Waals surface area (Å²) in [7, 11) is 0. The number of carbonyl (C=O) groups is 1. The number of likely N-dealkylation sites (tertiary alicyclic amines) is 1. The largest absolute Gasteiger partial charge is 0.340 e. The van der Waals surface area contributed by atoms with E-state index in [2.05, 4.69) is 16.4 Å². The van der Waals surface area contributed by atoms with Gasteiger partial charge in [-0.15, -0.1) is 12.4 Å². The van der Waals surface area contributed by atoms with E-state index in [9.17, 15) is 9.59 Å². The fourth-order valence-corrected chi connectivity index (χ4v) is 5.10. The van der Waals surface area contributed by atoms with Crippen molar-refractivity contribution in [1.82, 2.24) is 19.8 Å². The number of hydrogen-bond acceptors (Lipinski definition) is 4. The smallest absolute Gasteiger partial charge is 0.251 e. The molecular formula is C22H27ClN4O2. The molecule has 0 aliphatic carbocycles.